The number of thiocarbonyl (C=S) groups is 1. The number of nitrogens with two attached hydrogens (primary N) is 1. The highest BCUT2D eigenvalue weighted by molar-refractivity contribution is 9.10. The third kappa shape index (κ3) is 4.25. The summed E-state index contributed by atoms with van der Waals surface area (Å²) >= 11 is 8.42. The zero-order chi connectivity index (χ0) is 15.4. The maximum Gasteiger partial charge on any atom is 0.123 e. The Labute approximate surface area is 137 Å². The van der Waals surface area contributed by atoms with Crippen molar-refractivity contribution in [3.8, 4) is 0 Å². The van der Waals surface area contributed by atoms with Crippen molar-refractivity contribution >= 4 is 38.8 Å². The number of rotatable bonds is 5. The quantitative estimate of drug-likeness (QED) is 0.779. The third-order valence-corrected chi connectivity index (χ3v) is 4.14. The van der Waals surface area contributed by atoms with Gasteiger partial charge in [-0.2, -0.15) is 0 Å². The zero-order valence-corrected chi connectivity index (χ0v) is 14.0. The normalized spacial score (nSPS) is 10.4. The van der Waals surface area contributed by atoms with Crippen LogP contribution >= 0.6 is 28.1 Å². The molecule has 110 valence electrons. The van der Waals surface area contributed by atoms with Crippen LogP contribution in [0, 0.1) is 12.7 Å². The average molecular weight is 367 g/mol. The van der Waals surface area contributed by atoms with E-state index in [0.29, 0.717) is 4.99 Å². The van der Waals surface area contributed by atoms with Crippen LogP contribution in [-0.4, -0.2) is 11.5 Å². The maximum absolute atomic E-state index is 13.0. The Morgan fingerprint density at radius 2 is 2.05 bits per heavy atom. The van der Waals surface area contributed by atoms with Gasteiger partial charge in [-0.05, 0) is 70.7 Å². The zero-order valence-electron chi connectivity index (χ0n) is 11.6. The smallest absolute Gasteiger partial charge is 0.123 e. The molecule has 0 aromatic heterocycles. The highest BCUT2D eigenvalue weighted by Gasteiger charge is 2.04. The van der Waals surface area contributed by atoms with Gasteiger partial charge in [0.2, 0.25) is 0 Å². The molecule has 0 saturated heterocycles. The summed E-state index contributed by atoms with van der Waals surface area (Å²) in [6.07, 6.45) is 0.834. The first-order valence-electron chi connectivity index (χ1n) is 6.55. The first-order valence-corrected chi connectivity index (χ1v) is 7.76. The van der Waals surface area contributed by atoms with E-state index in [1.54, 1.807) is 6.07 Å². The standard InChI is InChI=1S/C16H16BrFN2S/c1-10-8-12(18)3-2-11(10)6-7-20-13-4-5-14(16(19)21)15(17)9-13/h2-5,8-9,20H,6-7H2,1H3,(H2,19,21). The van der Waals surface area contributed by atoms with E-state index in [4.69, 9.17) is 18.0 Å². The second-order valence-electron chi connectivity index (χ2n) is 4.81. The fraction of sp³-hybridized carbons (Fsp3) is 0.188. The van der Waals surface area contributed by atoms with Crippen LogP contribution in [0.2, 0.25) is 0 Å². The molecule has 0 unspecified atom stereocenters. The lowest BCUT2D eigenvalue weighted by Gasteiger charge is -2.10. The van der Waals surface area contributed by atoms with Crippen LogP contribution in [0.3, 0.4) is 0 Å². The SMILES string of the molecule is Cc1cc(F)ccc1CCNc1ccc(C(N)=S)c(Br)c1. The average Bonchev–Trinajstić information content (AvgIpc) is 2.41. The molecule has 5 heteroatoms. The van der Waals surface area contributed by atoms with Gasteiger partial charge in [0.15, 0.2) is 0 Å². The van der Waals surface area contributed by atoms with Crippen molar-refractivity contribution in [1.29, 1.82) is 0 Å². The minimum absolute atomic E-state index is 0.193. The molecular weight excluding hydrogens is 351 g/mol. The molecule has 0 heterocycles. The summed E-state index contributed by atoms with van der Waals surface area (Å²) < 4.78 is 13.9. The summed E-state index contributed by atoms with van der Waals surface area (Å²) in [6.45, 7) is 2.69. The van der Waals surface area contributed by atoms with E-state index in [1.165, 1.54) is 6.07 Å². The summed E-state index contributed by atoms with van der Waals surface area (Å²) in [4.78, 5) is 0.371. The molecule has 0 bridgehead atoms. The van der Waals surface area contributed by atoms with Crippen molar-refractivity contribution in [2.75, 3.05) is 11.9 Å². The van der Waals surface area contributed by atoms with E-state index in [2.05, 4.69) is 21.2 Å². The van der Waals surface area contributed by atoms with Gasteiger partial charge in [-0.15, -0.1) is 0 Å². The molecule has 21 heavy (non-hydrogen) atoms. The first kappa shape index (κ1) is 15.9. The van der Waals surface area contributed by atoms with Crippen molar-refractivity contribution in [3.05, 3.63) is 63.4 Å². The highest BCUT2D eigenvalue weighted by Crippen LogP contribution is 2.21. The Morgan fingerprint density at radius 1 is 1.29 bits per heavy atom. The molecule has 0 spiro atoms. The lowest BCUT2D eigenvalue weighted by Crippen LogP contribution is -2.11. The fourth-order valence-electron chi connectivity index (χ4n) is 2.11. The van der Waals surface area contributed by atoms with Crippen LogP contribution in [0.4, 0.5) is 10.1 Å². The van der Waals surface area contributed by atoms with Gasteiger partial charge in [-0.25, -0.2) is 4.39 Å². The van der Waals surface area contributed by atoms with E-state index < -0.39 is 0 Å². The number of aryl methyl sites for hydroxylation is 1. The predicted octanol–water partition coefficient (Wildman–Crippen LogP) is 4.19. The minimum atomic E-state index is -0.193. The largest absolute Gasteiger partial charge is 0.389 e. The van der Waals surface area contributed by atoms with Crippen molar-refractivity contribution < 1.29 is 4.39 Å². The molecule has 0 aliphatic rings. The van der Waals surface area contributed by atoms with E-state index in [9.17, 15) is 4.39 Å². The summed E-state index contributed by atoms with van der Waals surface area (Å²) in [5.74, 6) is -0.193. The second-order valence-corrected chi connectivity index (χ2v) is 6.10. The van der Waals surface area contributed by atoms with Crippen LogP contribution in [0.5, 0.6) is 0 Å². The molecule has 2 nitrogen and oxygen atoms in total. The summed E-state index contributed by atoms with van der Waals surface area (Å²) in [6, 6.07) is 10.7. The number of anilines is 1. The van der Waals surface area contributed by atoms with Gasteiger partial charge in [-0.1, -0.05) is 18.3 Å². The summed E-state index contributed by atoms with van der Waals surface area (Å²) in [7, 11) is 0. The Hall–Kier alpha value is -1.46. The minimum Gasteiger partial charge on any atom is -0.389 e. The second kappa shape index (κ2) is 7.00. The third-order valence-electron chi connectivity index (χ3n) is 3.26. The topological polar surface area (TPSA) is 38.0 Å². The molecule has 2 aromatic rings. The van der Waals surface area contributed by atoms with Crippen LogP contribution in [-0.2, 0) is 6.42 Å². The molecule has 2 rings (SSSR count). The molecule has 0 radical (unpaired) electrons. The molecule has 2 aromatic carbocycles. The van der Waals surface area contributed by atoms with Crippen LogP contribution in [0.15, 0.2) is 40.9 Å². The number of nitrogens with one attached hydrogen (secondary N) is 1. The van der Waals surface area contributed by atoms with E-state index in [-0.39, 0.29) is 5.82 Å². The molecule has 0 aliphatic carbocycles. The van der Waals surface area contributed by atoms with Gasteiger partial charge >= 0.3 is 0 Å². The van der Waals surface area contributed by atoms with Crippen molar-refractivity contribution in [1.82, 2.24) is 0 Å². The van der Waals surface area contributed by atoms with Gasteiger partial charge in [0.1, 0.15) is 10.8 Å². The Morgan fingerprint density at radius 3 is 2.67 bits per heavy atom. The Bertz CT molecular complexity index is 673. The Kier molecular flexibility index (Phi) is 5.31. The van der Waals surface area contributed by atoms with Gasteiger partial charge < -0.3 is 11.1 Å². The Balaban J connectivity index is 1.97. The van der Waals surface area contributed by atoms with E-state index >= 15 is 0 Å². The van der Waals surface area contributed by atoms with Crippen LogP contribution in [0.1, 0.15) is 16.7 Å². The van der Waals surface area contributed by atoms with Crippen molar-refractivity contribution in [3.63, 3.8) is 0 Å². The van der Waals surface area contributed by atoms with Gasteiger partial charge in [0.25, 0.3) is 0 Å². The maximum atomic E-state index is 13.0. The van der Waals surface area contributed by atoms with E-state index in [0.717, 1.165) is 39.8 Å². The lowest BCUT2D eigenvalue weighted by atomic mass is 10.1. The molecule has 0 atom stereocenters. The number of benzene rings is 2. The number of hydrogen-bond donors (Lipinski definition) is 2. The van der Waals surface area contributed by atoms with E-state index in [1.807, 2.05) is 31.2 Å². The number of halogens is 2. The van der Waals surface area contributed by atoms with Gasteiger partial charge in [-0.3, -0.25) is 0 Å². The van der Waals surface area contributed by atoms with Crippen LogP contribution < -0.4 is 11.1 Å². The predicted molar refractivity (Wildman–Crippen MR) is 93.4 cm³/mol. The fourth-order valence-corrected chi connectivity index (χ4v) is 3.01. The lowest BCUT2D eigenvalue weighted by molar-refractivity contribution is 0.625. The number of hydrogen-bond acceptors (Lipinski definition) is 2. The first-order chi connectivity index (χ1) is 9.97. The van der Waals surface area contributed by atoms with Crippen molar-refractivity contribution in [2.24, 2.45) is 5.73 Å². The van der Waals surface area contributed by atoms with Crippen LogP contribution in [0.25, 0.3) is 0 Å². The monoisotopic (exact) mass is 366 g/mol. The molecule has 0 amide bonds. The molecule has 0 aliphatic heterocycles. The van der Waals surface area contributed by atoms with Crippen molar-refractivity contribution in [2.45, 2.75) is 13.3 Å². The molecule has 0 fully saturated rings. The summed E-state index contributed by atoms with van der Waals surface area (Å²) in [5.41, 5.74) is 9.55. The highest BCUT2D eigenvalue weighted by atomic mass is 79.9. The molecule has 0 saturated carbocycles. The summed E-state index contributed by atoms with van der Waals surface area (Å²) in [5, 5.41) is 3.33. The molecular formula is C16H16BrFN2S. The van der Waals surface area contributed by atoms with Gasteiger partial charge in [0.05, 0.1) is 0 Å². The van der Waals surface area contributed by atoms with Gasteiger partial charge in [0, 0.05) is 22.3 Å². The molecule has 3 N–H and O–H groups in total.